The number of alkyl halides is 3. The van der Waals surface area contributed by atoms with Crippen LogP contribution in [0.4, 0.5) is 23.1 Å². The number of amides is 1. The molecule has 0 aromatic carbocycles. The van der Waals surface area contributed by atoms with Crippen LogP contribution in [0.5, 0.6) is 0 Å². The van der Waals surface area contributed by atoms with Crippen molar-refractivity contribution in [2.45, 2.75) is 13.1 Å². The van der Waals surface area contributed by atoms with Crippen LogP contribution in [-0.2, 0) is 4.74 Å². The molecule has 0 saturated carbocycles. The Labute approximate surface area is 86.4 Å². The van der Waals surface area contributed by atoms with E-state index < -0.39 is 18.9 Å². The molecule has 0 aliphatic heterocycles. The molecule has 1 aromatic rings. The first-order valence-electron chi connectivity index (χ1n) is 3.67. The molecule has 1 aromatic heterocycles. The van der Waals surface area contributed by atoms with Gasteiger partial charge in [-0.25, -0.2) is 9.78 Å². The summed E-state index contributed by atoms with van der Waals surface area (Å²) in [4.78, 5) is 14.5. The largest absolute Gasteiger partial charge is 0.440 e. The molecule has 0 aliphatic carbocycles. The summed E-state index contributed by atoms with van der Waals surface area (Å²) in [6, 6.07) is 0. The maximum Gasteiger partial charge on any atom is 0.422 e. The maximum absolute atomic E-state index is 11.6. The summed E-state index contributed by atoms with van der Waals surface area (Å²) in [5, 5.41) is 2.12. The lowest BCUT2D eigenvalue weighted by Gasteiger charge is -2.06. The molecule has 1 rings (SSSR count). The number of carbonyl (C=O) groups excluding carboxylic acids is 1. The third kappa shape index (κ3) is 4.58. The summed E-state index contributed by atoms with van der Waals surface area (Å²) in [7, 11) is 0. The highest BCUT2D eigenvalue weighted by molar-refractivity contribution is 7.09. The van der Waals surface area contributed by atoms with Gasteiger partial charge in [0.05, 0.1) is 0 Å². The number of anilines is 1. The molecule has 1 N–H and O–H groups in total. The molecular formula is C6H6F3N3O2S. The normalized spacial score (nSPS) is 11.2. The predicted molar refractivity (Wildman–Crippen MR) is 45.7 cm³/mol. The number of rotatable bonds is 2. The van der Waals surface area contributed by atoms with E-state index in [4.69, 9.17) is 0 Å². The molecular weight excluding hydrogens is 235 g/mol. The number of aryl methyl sites for hydroxylation is 1. The van der Waals surface area contributed by atoms with E-state index in [0.29, 0.717) is 5.82 Å². The molecule has 0 fully saturated rings. The third-order valence-corrected chi connectivity index (χ3v) is 1.83. The average Bonchev–Trinajstić information content (AvgIpc) is 2.47. The van der Waals surface area contributed by atoms with E-state index in [1.807, 2.05) is 5.32 Å². The maximum atomic E-state index is 11.6. The molecule has 9 heteroatoms. The minimum absolute atomic E-state index is 0.0969. The fourth-order valence-electron chi connectivity index (χ4n) is 0.619. The van der Waals surface area contributed by atoms with Crippen LogP contribution in [0.1, 0.15) is 5.82 Å². The highest BCUT2D eigenvalue weighted by atomic mass is 32.1. The second-order valence-electron chi connectivity index (χ2n) is 2.46. The van der Waals surface area contributed by atoms with Gasteiger partial charge in [-0.3, -0.25) is 5.32 Å². The smallest absolute Gasteiger partial charge is 0.422 e. The zero-order chi connectivity index (χ0) is 11.5. The van der Waals surface area contributed by atoms with Gasteiger partial charge in [0.25, 0.3) is 0 Å². The van der Waals surface area contributed by atoms with Crippen molar-refractivity contribution >= 4 is 22.8 Å². The van der Waals surface area contributed by atoms with Gasteiger partial charge in [-0.15, -0.1) is 0 Å². The van der Waals surface area contributed by atoms with E-state index in [1.54, 1.807) is 6.92 Å². The topological polar surface area (TPSA) is 64.1 Å². The summed E-state index contributed by atoms with van der Waals surface area (Å²) >= 11 is 0.857. The fourth-order valence-corrected chi connectivity index (χ4v) is 1.18. The van der Waals surface area contributed by atoms with Crippen LogP contribution in [0, 0.1) is 6.92 Å². The molecule has 1 amide bonds. The van der Waals surface area contributed by atoms with Crippen LogP contribution in [0.2, 0.25) is 0 Å². The van der Waals surface area contributed by atoms with Crippen molar-refractivity contribution in [2.75, 3.05) is 11.9 Å². The summed E-state index contributed by atoms with van der Waals surface area (Å²) in [5.74, 6) is 0.422. The lowest BCUT2D eigenvalue weighted by atomic mass is 10.7. The highest BCUT2D eigenvalue weighted by Crippen LogP contribution is 2.15. The standard InChI is InChI=1S/C6H6F3N3O2S/c1-3-10-4(15-12-3)11-5(13)14-2-6(7,8)9/h2H2,1H3,(H,10,11,12,13). The minimum Gasteiger partial charge on any atom is -0.440 e. The lowest BCUT2D eigenvalue weighted by Crippen LogP contribution is -2.23. The molecule has 0 bridgehead atoms. The molecule has 0 atom stereocenters. The van der Waals surface area contributed by atoms with Gasteiger partial charge < -0.3 is 4.74 Å². The van der Waals surface area contributed by atoms with Crippen molar-refractivity contribution in [3.05, 3.63) is 5.82 Å². The van der Waals surface area contributed by atoms with Crippen molar-refractivity contribution in [2.24, 2.45) is 0 Å². The van der Waals surface area contributed by atoms with Gasteiger partial charge in [0.1, 0.15) is 5.82 Å². The summed E-state index contributed by atoms with van der Waals surface area (Å²) in [6.07, 6.45) is -5.74. The van der Waals surface area contributed by atoms with Crippen LogP contribution >= 0.6 is 11.5 Å². The average molecular weight is 241 g/mol. The number of hydrogen-bond donors (Lipinski definition) is 1. The van der Waals surface area contributed by atoms with Crippen LogP contribution in [-0.4, -0.2) is 28.2 Å². The van der Waals surface area contributed by atoms with E-state index in [1.165, 1.54) is 0 Å². The van der Waals surface area contributed by atoms with Gasteiger partial charge >= 0.3 is 12.3 Å². The van der Waals surface area contributed by atoms with Crippen molar-refractivity contribution in [1.29, 1.82) is 0 Å². The van der Waals surface area contributed by atoms with Crippen molar-refractivity contribution in [3.63, 3.8) is 0 Å². The van der Waals surface area contributed by atoms with Crippen molar-refractivity contribution < 1.29 is 22.7 Å². The zero-order valence-electron chi connectivity index (χ0n) is 7.46. The molecule has 5 nitrogen and oxygen atoms in total. The number of nitrogens with one attached hydrogen (secondary N) is 1. The highest BCUT2D eigenvalue weighted by Gasteiger charge is 2.29. The van der Waals surface area contributed by atoms with Crippen LogP contribution in [0.15, 0.2) is 0 Å². The monoisotopic (exact) mass is 241 g/mol. The van der Waals surface area contributed by atoms with Crippen LogP contribution in [0.3, 0.4) is 0 Å². The van der Waals surface area contributed by atoms with Gasteiger partial charge in [0.2, 0.25) is 5.13 Å². The lowest BCUT2D eigenvalue weighted by molar-refractivity contribution is -0.159. The van der Waals surface area contributed by atoms with E-state index in [2.05, 4.69) is 14.1 Å². The summed E-state index contributed by atoms with van der Waals surface area (Å²) in [6.45, 7) is -0.0423. The summed E-state index contributed by atoms with van der Waals surface area (Å²) in [5.41, 5.74) is 0. The van der Waals surface area contributed by atoms with Gasteiger partial charge in [-0.05, 0) is 6.92 Å². The fraction of sp³-hybridized carbons (Fsp3) is 0.500. The number of ether oxygens (including phenoxy) is 1. The molecule has 0 radical (unpaired) electrons. The quantitative estimate of drug-likeness (QED) is 0.859. The molecule has 0 aliphatic rings. The number of aromatic nitrogens is 2. The van der Waals surface area contributed by atoms with Gasteiger partial charge in [-0.2, -0.15) is 17.5 Å². The Kier molecular flexibility index (Phi) is 3.45. The molecule has 1 heterocycles. The van der Waals surface area contributed by atoms with E-state index in [-0.39, 0.29) is 5.13 Å². The van der Waals surface area contributed by atoms with E-state index in [0.717, 1.165) is 11.5 Å². The first-order chi connectivity index (χ1) is 6.87. The molecule has 15 heavy (non-hydrogen) atoms. The van der Waals surface area contributed by atoms with E-state index >= 15 is 0 Å². The Morgan fingerprint density at radius 3 is 2.73 bits per heavy atom. The Morgan fingerprint density at radius 1 is 1.60 bits per heavy atom. The number of halogens is 3. The second kappa shape index (κ2) is 4.43. The predicted octanol–water partition coefficient (Wildman–Crippen LogP) is 1.96. The Morgan fingerprint density at radius 2 is 2.27 bits per heavy atom. The number of carbonyl (C=O) groups is 1. The first kappa shape index (κ1) is 11.7. The minimum atomic E-state index is -4.53. The number of nitrogens with zero attached hydrogens (tertiary/aromatic N) is 2. The van der Waals surface area contributed by atoms with Crippen LogP contribution in [0.25, 0.3) is 0 Å². The van der Waals surface area contributed by atoms with Crippen molar-refractivity contribution in [1.82, 2.24) is 9.36 Å². The van der Waals surface area contributed by atoms with Gasteiger partial charge in [-0.1, -0.05) is 0 Å². The Hall–Kier alpha value is -1.38. The molecule has 0 saturated heterocycles. The SMILES string of the molecule is Cc1nsc(NC(=O)OCC(F)(F)F)n1. The van der Waals surface area contributed by atoms with E-state index in [9.17, 15) is 18.0 Å². The molecule has 0 spiro atoms. The Bertz CT molecular complexity index is 352. The molecule has 84 valence electrons. The third-order valence-electron chi connectivity index (χ3n) is 1.10. The molecule has 0 unspecified atom stereocenters. The Balaban J connectivity index is 2.37. The zero-order valence-corrected chi connectivity index (χ0v) is 8.28. The summed E-state index contributed by atoms with van der Waals surface area (Å²) < 4.78 is 42.5. The van der Waals surface area contributed by atoms with Gasteiger partial charge in [0.15, 0.2) is 6.61 Å². The van der Waals surface area contributed by atoms with Gasteiger partial charge in [0, 0.05) is 11.5 Å². The van der Waals surface area contributed by atoms with Crippen molar-refractivity contribution in [3.8, 4) is 0 Å². The number of hydrogen-bond acceptors (Lipinski definition) is 5. The van der Waals surface area contributed by atoms with Crippen LogP contribution < -0.4 is 5.32 Å². The first-order valence-corrected chi connectivity index (χ1v) is 4.45. The second-order valence-corrected chi connectivity index (χ2v) is 3.21.